The number of hydrogen-bond acceptors (Lipinski definition) is 4. The fraction of sp³-hybridized carbons (Fsp3) is 0.100. The fourth-order valence-electron chi connectivity index (χ4n) is 2.35. The Morgan fingerprint density at radius 1 is 0.538 bits per heavy atom. The molecule has 0 spiro atoms. The summed E-state index contributed by atoms with van der Waals surface area (Å²) >= 11 is 0. The van der Waals surface area contributed by atoms with Gasteiger partial charge in [0.2, 0.25) is 0 Å². The van der Waals surface area contributed by atoms with Gasteiger partial charge in [0.15, 0.2) is 0 Å². The summed E-state index contributed by atoms with van der Waals surface area (Å²) in [6.45, 7) is 0. The molecule has 0 heterocycles. The molecular formula is C20H18N2O4. The first-order valence-corrected chi connectivity index (χ1v) is 8.03. The predicted octanol–water partition coefficient (Wildman–Crippen LogP) is 4.97. The van der Waals surface area contributed by atoms with Crippen molar-refractivity contribution in [1.29, 1.82) is 0 Å². The van der Waals surface area contributed by atoms with Crippen molar-refractivity contribution in [3.8, 4) is 0 Å². The molecule has 3 aromatic rings. The van der Waals surface area contributed by atoms with Gasteiger partial charge in [0, 0.05) is 12.1 Å². The molecule has 6 heteroatoms. The largest absolute Gasteiger partial charge is 0.346 e. The number of hydrogen-bond donors (Lipinski definition) is 0. The first-order chi connectivity index (χ1) is 12.6. The van der Waals surface area contributed by atoms with Crippen LogP contribution in [0.4, 0.5) is 11.4 Å². The van der Waals surface area contributed by atoms with Crippen molar-refractivity contribution >= 4 is 11.4 Å². The molecule has 3 aromatic carbocycles. The van der Waals surface area contributed by atoms with Gasteiger partial charge in [-0.3, -0.25) is 20.2 Å². The summed E-state index contributed by atoms with van der Waals surface area (Å²) in [5, 5.41) is 20.5. The first kappa shape index (κ1) is 18.8. The normalized spacial score (nSPS) is 9.69. The number of benzene rings is 3. The third kappa shape index (κ3) is 5.83. The topological polar surface area (TPSA) is 86.3 Å². The first-order valence-electron chi connectivity index (χ1n) is 8.03. The average molecular weight is 350 g/mol. The summed E-state index contributed by atoms with van der Waals surface area (Å²) in [4.78, 5) is 18.9. The summed E-state index contributed by atoms with van der Waals surface area (Å²) in [6.07, 6.45) is 2.26. The molecule has 0 atom stereocenters. The average Bonchev–Trinajstić information content (AvgIpc) is 2.68. The molecule has 0 aromatic heterocycles. The molecule has 26 heavy (non-hydrogen) atoms. The number of aryl methyl sites for hydroxylation is 2. The quantitative estimate of drug-likeness (QED) is 0.480. The van der Waals surface area contributed by atoms with Gasteiger partial charge in [0.05, 0.1) is 9.85 Å². The predicted molar refractivity (Wildman–Crippen MR) is 100 cm³/mol. The Bertz CT molecular complexity index is 779. The van der Waals surface area contributed by atoms with Crippen LogP contribution in [0.1, 0.15) is 11.1 Å². The molecular weight excluding hydrogens is 332 g/mol. The van der Waals surface area contributed by atoms with Crippen molar-refractivity contribution in [2.75, 3.05) is 0 Å². The molecule has 0 radical (unpaired) electrons. The Balaban J connectivity index is 0.000000190. The van der Waals surface area contributed by atoms with E-state index in [9.17, 15) is 20.2 Å². The van der Waals surface area contributed by atoms with E-state index in [2.05, 4.69) is 60.7 Å². The minimum absolute atomic E-state index is 0.484. The third-order valence-electron chi connectivity index (χ3n) is 3.66. The molecule has 0 aliphatic carbocycles. The fourth-order valence-corrected chi connectivity index (χ4v) is 2.35. The van der Waals surface area contributed by atoms with Gasteiger partial charge < -0.3 is 0 Å². The molecule has 0 bridgehead atoms. The lowest BCUT2D eigenvalue weighted by molar-refractivity contribution is -0.422. The second kappa shape index (κ2) is 9.68. The minimum Gasteiger partial charge on any atom is -0.258 e. The number of nitro groups is 2. The second-order valence-corrected chi connectivity index (χ2v) is 5.47. The Morgan fingerprint density at radius 3 is 1.15 bits per heavy atom. The highest BCUT2D eigenvalue weighted by molar-refractivity contribution is 5.51. The summed E-state index contributed by atoms with van der Waals surface area (Å²) in [6, 6.07) is 26.2. The second-order valence-electron chi connectivity index (χ2n) is 5.47. The molecule has 0 saturated heterocycles. The van der Waals surface area contributed by atoms with E-state index in [4.69, 9.17) is 0 Å². The maximum Gasteiger partial charge on any atom is 0.346 e. The number of rotatable bonds is 5. The van der Waals surface area contributed by atoms with Crippen LogP contribution in [-0.2, 0) is 12.8 Å². The van der Waals surface area contributed by atoms with Crippen LogP contribution in [0.25, 0.3) is 0 Å². The van der Waals surface area contributed by atoms with E-state index in [0.717, 1.165) is 25.0 Å². The van der Waals surface area contributed by atoms with Gasteiger partial charge in [0.1, 0.15) is 0 Å². The lowest BCUT2D eigenvalue weighted by atomic mass is 10.0. The highest BCUT2D eigenvalue weighted by atomic mass is 16.6. The van der Waals surface area contributed by atoms with Gasteiger partial charge in [-0.15, -0.1) is 0 Å². The molecule has 0 N–H and O–H groups in total. The number of nitro benzene ring substituents is 2. The van der Waals surface area contributed by atoms with Crippen molar-refractivity contribution in [2.24, 2.45) is 0 Å². The SMILES string of the molecule is O=[N+]([O-])c1ccccc1[N+](=O)[O-].c1ccc(CCc2ccccc2)cc1. The van der Waals surface area contributed by atoms with Gasteiger partial charge >= 0.3 is 11.4 Å². The van der Waals surface area contributed by atoms with Crippen molar-refractivity contribution in [3.05, 3.63) is 116 Å². The van der Waals surface area contributed by atoms with E-state index in [1.165, 1.54) is 23.3 Å². The Kier molecular flexibility index (Phi) is 7.00. The van der Waals surface area contributed by atoms with E-state index in [-0.39, 0.29) is 0 Å². The Labute approximate surface area is 151 Å². The summed E-state index contributed by atoms with van der Waals surface area (Å²) in [7, 11) is 0. The Hall–Kier alpha value is -3.54. The zero-order chi connectivity index (χ0) is 18.8. The van der Waals surface area contributed by atoms with Gasteiger partial charge in [-0.2, -0.15) is 0 Å². The van der Waals surface area contributed by atoms with E-state index in [0.29, 0.717) is 0 Å². The molecule has 0 fully saturated rings. The van der Waals surface area contributed by atoms with Crippen LogP contribution in [0, 0.1) is 20.2 Å². The van der Waals surface area contributed by atoms with Crippen LogP contribution in [0.3, 0.4) is 0 Å². The molecule has 0 aliphatic rings. The maximum atomic E-state index is 10.2. The molecule has 0 aliphatic heterocycles. The minimum atomic E-state index is -0.780. The molecule has 3 rings (SSSR count). The highest BCUT2D eigenvalue weighted by Gasteiger charge is 2.21. The smallest absolute Gasteiger partial charge is 0.258 e. The third-order valence-corrected chi connectivity index (χ3v) is 3.66. The number of nitrogens with zero attached hydrogens (tertiary/aromatic N) is 2. The monoisotopic (exact) mass is 350 g/mol. The highest BCUT2D eigenvalue weighted by Crippen LogP contribution is 2.24. The summed E-state index contributed by atoms with van der Waals surface area (Å²) in [5.74, 6) is 0. The van der Waals surface area contributed by atoms with Gasteiger partial charge in [0.25, 0.3) is 0 Å². The lowest BCUT2D eigenvalue weighted by Gasteiger charge is -2.01. The lowest BCUT2D eigenvalue weighted by Crippen LogP contribution is -1.95. The zero-order valence-electron chi connectivity index (χ0n) is 14.0. The number of para-hydroxylation sites is 2. The maximum absolute atomic E-state index is 10.2. The van der Waals surface area contributed by atoms with Gasteiger partial charge in [-0.1, -0.05) is 72.8 Å². The van der Waals surface area contributed by atoms with E-state index >= 15 is 0 Å². The van der Waals surface area contributed by atoms with Crippen molar-refractivity contribution in [3.63, 3.8) is 0 Å². The van der Waals surface area contributed by atoms with Crippen LogP contribution in [0.5, 0.6) is 0 Å². The van der Waals surface area contributed by atoms with Crippen LogP contribution in [0.2, 0.25) is 0 Å². The molecule has 0 unspecified atom stereocenters. The van der Waals surface area contributed by atoms with Crippen LogP contribution >= 0.6 is 0 Å². The van der Waals surface area contributed by atoms with Gasteiger partial charge in [-0.25, -0.2) is 0 Å². The molecule has 6 nitrogen and oxygen atoms in total. The molecule has 132 valence electrons. The zero-order valence-corrected chi connectivity index (χ0v) is 14.0. The van der Waals surface area contributed by atoms with Crippen molar-refractivity contribution in [2.45, 2.75) is 12.8 Å². The van der Waals surface area contributed by atoms with E-state index in [1.807, 2.05) is 0 Å². The molecule has 0 amide bonds. The molecule has 0 saturated carbocycles. The standard InChI is InChI=1S/C14H14.C6H4N2O4/c1-3-7-13(8-4-1)11-12-14-9-5-2-6-10-14;9-7(10)5-3-1-2-4-6(5)8(11)12/h1-10H,11-12H2;1-4H. The van der Waals surface area contributed by atoms with E-state index < -0.39 is 21.2 Å². The summed E-state index contributed by atoms with van der Waals surface area (Å²) < 4.78 is 0. The van der Waals surface area contributed by atoms with E-state index in [1.54, 1.807) is 0 Å². The van der Waals surface area contributed by atoms with Gasteiger partial charge in [-0.05, 0) is 24.0 Å². The van der Waals surface area contributed by atoms with Crippen molar-refractivity contribution < 1.29 is 9.85 Å². The van der Waals surface area contributed by atoms with Crippen LogP contribution in [0.15, 0.2) is 84.9 Å². The van der Waals surface area contributed by atoms with Crippen molar-refractivity contribution in [1.82, 2.24) is 0 Å². The summed E-state index contributed by atoms with van der Waals surface area (Å²) in [5.41, 5.74) is 1.86. The van der Waals surface area contributed by atoms with Crippen LogP contribution in [-0.4, -0.2) is 9.85 Å². The van der Waals surface area contributed by atoms with Crippen LogP contribution < -0.4 is 0 Å². The Morgan fingerprint density at radius 2 is 0.846 bits per heavy atom.